The van der Waals surface area contributed by atoms with Crippen molar-refractivity contribution in [1.82, 2.24) is 14.9 Å². The predicted molar refractivity (Wildman–Crippen MR) is 78.5 cm³/mol. The molecule has 0 unspecified atom stereocenters. The average Bonchev–Trinajstić information content (AvgIpc) is 3.01. The SMILES string of the molecule is [B]CN1CCC[C@]1(C)c1nc2c(C(N)=O)cccc2[nH]1. The number of nitrogens with two attached hydrogens (primary N) is 1. The molecule has 2 aromatic rings. The topological polar surface area (TPSA) is 75.0 Å². The predicted octanol–water partition coefficient (Wildman–Crippen LogP) is 1.10. The molecule has 0 saturated carbocycles. The summed E-state index contributed by atoms with van der Waals surface area (Å²) in [6, 6.07) is 5.42. The minimum atomic E-state index is -0.457. The highest BCUT2D eigenvalue weighted by Crippen LogP contribution is 2.37. The Morgan fingerprint density at radius 3 is 3.10 bits per heavy atom. The van der Waals surface area contributed by atoms with E-state index in [1.807, 2.05) is 12.1 Å². The summed E-state index contributed by atoms with van der Waals surface area (Å²) in [7, 11) is 5.83. The number of carbonyl (C=O) groups is 1. The summed E-state index contributed by atoms with van der Waals surface area (Å²) < 4.78 is 0. The number of aromatic amines is 1. The lowest BCUT2D eigenvalue weighted by Gasteiger charge is -2.32. The lowest BCUT2D eigenvalue weighted by molar-refractivity contribution is 0.100. The third-order valence-corrected chi connectivity index (χ3v) is 4.30. The Bertz CT molecular complexity index is 668. The second-order valence-electron chi connectivity index (χ2n) is 5.47. The minimum Gasteiger partial charge on any atom is -0.366 e. The summed E-state index contributed by atoms with van der Waals surface area (Å²) in [6.07, 6.45) is 2.58. The largest absolute Gasteiger partial charge is 0.366 e. The second-order valence-corrected chi connectivity index (χ2v) is 5.47. The average molecular weight is 268 g/mol. The summed E-state index contributed by atoms with van der Waals surface area (Å²) in [6.45, 7) is 3.10. The number of carbonyl (C=O) groups excluding carboxylic acids is 1. The first kappa shape index (κ1) is 13.2. The van der Waals surface area contributed by atoms with Gasteiger partial charge in [-0.3, -0.25) is 4.79 Å². The van der Waals surface area contributed by atoms with Crippen molar-refractivity contribution in [1.29, 1.82) is 0 Å². The van der Waals surface area contributed by atoms with Crippen LogP contribution in [0.4, 0.5) is 0 Å². The van der Waals surface area contributed by atoms with Gasteiger partial charge in [-0.2, -0.15) is 0 Å². The Morgan fingerprint density at radius 1 is 1.60 bits per heavy atom. The first-order valence-electron chi connectivity index (χ1n) is 6.80. The number of likely N-dealkylation sites (tertiary alicyclic amines) is 1. The maximum absolute atomic E-state index is 11.5. The number of aromatic nitrogens is 2. The van der Waals surface area contributed by atoms with Gasteiger partial charge < -0.3 is 15.6 Å². The molecule has 1 aromatic carbocycles. The Morgan fingerprint density at radius 2 is 2.40 bits per heavy atom. The van der Waals surface area contributed by atoms with Crippen LogP contribution in [0.1, 0.15) is 35.9 Å². The van der Waals surface area contributed by atoms with E-state index < -0.39 is 5.91 Å². The summed E-state index contributed by atoms with van der Waals surface area (Å²) in [5.74, 6) is 0.394. The number of benzene rings is 1. The van der Waals surface area contributed by atoms with Gasteiger partial charge in [-0.15, -0.1) is 0 Å². The molecule has 1 aliphatic heterocycles. The lowest BCUT2D eigenvalue weighted by atomic mass is 9.96. The summed E-state index contributed by atoms with van der Waals surface area (Å²) in [5.41, 5.74) is 7.12. The first-order valence-corrected chi connectivity index (χ1v) is 6.80. The molecule has 1 amide bonds. The van der Waals surface area contributed by atoms with Crippen LogP contribution in [0, 0.1) is 0 Å². The zero-order valence-electron chi connectivity index (χ0n) is 11.5. The van der Waals surface area contributed by atoms with Crippen LogP contribution in [-0.4, -0.2) is 41.6 Å². The Hall–Kier alpha value is -1.82. The number of imidazole rings is 1. The van der Waals surface area contributed by atoms with Crippen LogP contribution >= 0.6 is 0 Å². The number of primary amides is 1. The van der Waals surface area contributed by atoms with Crippen LogP contribution in [0.2, 0.25) is 0 Å². The molecule has 1 saturated heterocycles. The van der Waals surface area contributed by atoms with Gasteiger partial charge in [0, 0.05) is 0 Å². The molecule has 0 aliphatic carbocycles. The van der Waals surface area contributed by atoms with E-state index in [1.165, 1.54) is 0 Å². The highest BCUT2D eigenvalue weighted by molar-refractivity contribution is 6.08. The zero-order valence-corrected chi connectivity index (χ0v) is 11.5. The van der Waals surface area contributed by atoms with Crippen LogP contribution in [0.5, 0.6) is 0 Å². The fourth-order valence-corrected chi connectivity index (χ4v) is 3.07. The molecule has 1 fully saturated rings. The number of nitrogens with one attached hydrogen (secondary N) is 1. The number of nitrogens with zero attached hydrogens (tertiary/aromatic N) is 2. The van der Waals surface area contributed by atoms with Crippen molar-refractivity contribution in [2.45, 2.75) is 25.3 Å². The van der Waals surface area contributed by atoms with Crippen molar-refractivity contribution in [3.63, 3.8) is 0 Å². The fraction of sp³-hybridized carbons (Fsp3) is 0.429. The molecule has 2 heterocycles. The molecule has 0 spiro atoms. The molecule has 3 rings (SSSR count). The maximum Gasteiger partial charge on any atom is 0.250 e. The Kier molecular flexibility index (Phi) is 3.05. The molecule has 1 aromatic heterocycles. The van der Waals surface area contributed by atoms with Crippen molar-refractivity contribution in [2.24, 2.45) is 5.73 Å². The number of hydrogen-bond acceptors (Lipinski definition) is 3. The zero-order chi connectivity index (χ0) is 14.3. The third kappa shape index (κ3) is 1.83. The van der Waals surface area contributed by atoms with Gasteiger partial charge in [0.1, 0.15) is 11.3 Å². The molecule has 2 radical (unpaired) electrons. The minimum absolute atomic E-state index is 0.206. The van der Waals surface area contributed by atoms with Gasteiger partial charge in [0.2, 0.25) is 0 Å². The molecule has 20 heavy (non-hydrogen) atoms. The maximum atomic E-state index is 11.5. The number of hydrogen-bond donors (Lipinski definition) is 2. The van der Waals surface area contributed by atoms with Crippen molar-refractivity contribution < 1.29 is 4.79 Å². The third-order valence-electron chi connectivity index (χ3n) is 4.30. The highest BCUT2D eigenvalue weighted by atomic mass is 16.1. The summed E-state index contributed by atoms with van der Waals surface area (Å²) >= 11 is 0. The number of para-hydroxylation sites is 1. The van der Waals surface area contributed by atoms with Gasteiger partial charge in [0.15, 0.2) is 0 Å². The normalized spacial score (nSPS) is 23.4. The smallest absolute Gasteiger partial charge is 0.250 e. The molecule has 102 valence electrons. The number of fused-ring (bicyclic) bond motifs is 1. The van der Waals surface area contributed by atoms with Crippen LogP contribution in [0.15, 0.2) is 18.2 Å². The van der Waals surface area contributed by atoms with Gasteiger partial charge in [-0.25, -0.2) is 4.98 Å². The molecule has 3 N–H and O–H groups in total. The van der Waals surface area contributed by atoms with E-state index in [9.17, 15) is 4.79 Å². The first-order chi connectivity index (χ1) is 9.56. The second kappa shape index (κ2) is 4.63. The van der Waals surface area contributed by atoms with Gasteiger partial charge >= 0.3 is 0 Å². The molecule has 1 atom stereocenters. The van der Waals surface area contributed by atoms with E-state index in [-0.39, 0.29) is 5.54 Å². The van der Waals surface area contributed by atoms with E-state index in [0.717, 1.165) is 30.7 Å². The van der Waals surface area contributed by atoms with Crippen LogP contribution in [0.25, 0.3) is 11.0 Å². The van der Waals surface area contributed by atoms with E-state index in [0.29, 0.717) is 17.5 Å². The summed E-state index contributed by atoms with van der Waals surface area (Å²) in [4.78, 5) is 21.6. The van der Waals surface area contributed by atoms with Gasteiger partial charge in [-0.05, 0) is 44.9 Å². The quantitative estimate of drug-likeness (QED) is 0.818. The van der Waals surface area contributed by atoms with Crippen LogP contribution in [0.3, 0.4) is 0 Å². The van der Waals surface area contributed by atoms with E-state index in [2.05, 4.69) is 21.8 Å². The molecule has 6 heteroatoms. The van der Waals surface area contributed by atoms with E-state index >= 15 is 0 Å². The van der Waals surface area contributed by atoms with Gasteiger partial charge in [-0.1, -0.05) is 6.07 Å². The molecule has 1 aliphatic rings. The van der Waals surface area contributed by atoms with Crippen molar-refractivity contribution in [2.75, 3.05) is 13.0 Å². The number of rotatable bonds is 3. The lowest BCUT2D eigenvalue weighted by Crippen LogP contribution is -2.40. The van der Waals surface area contributed by atoms with Crippen molar-refractivity contribution in [3.8, 4) is 0 Å². The highest BCUT2D eigenvalue weighted by Gasteiger charge is 2.39. The van der Waals surface area contributed by atoms with Crippen molar-refractivity contribution >= 4 is 24.8 Å². The molecular formula is C14H17BN4O. The Balaban J connectivity index is 2.14. The fourth-order valence-electron chi connectivity index (χ4n) is 3.07. The monoisotopic (exact) mass is 268 g/mol. The molecule has 5 nitrogen and oxygen atoms in total. The van der Waals surface area contributed by atoms with Crippen molar-refractivity contribution in [3.05, 3.63) is 29.6 Å². The molecular weight excluding hydrogens is 251 g/mol. The standard InChI is InChI=1S/C14H17BN4O/c1-14(6-3-7-19(14)8-15)13-17-10-5-2-4-9(12(16)20)11(10)18-13/h2,4-5H,3,6-8H2,1H3,(H2,16,20)(H,17,18)/t14-/m1/s1. The van der Waals surface area contributed by atoms with Crippen LogP contribution < -0.4 is 5.73 Å². The number of amides is 1. The van der Waals surface area contributed by atoms with E-state index in [4.69, 9.17) is 13.6 Å². The number of H-pyrrole nitrogens is 1. The van der Waals surface area contributed by atoms with Crippen LogP contribution in [-0.2, 0) is 5.54 Å². The van der Waals surface area contributed by atoms with Gasteiger partial charge in [0.05, 0.1) is 24.5 Å². The van der Waals surface area contributed by atoms with Gasteiger partial charge in [0.25, 0.3) is 5.91 Å². The summed E-state index contributed by atoms with van der Waals surface area (Å²) in [5, 5.41) is 0. The van der Waals surface area contributed by atoms with E-state index in [1.54, 1.807) is 6.07 Å². The Labute approximate surface area is 119 Å². The molecule has 0 bridgehead atoms.